The topological polar surface area (TPSA) is 98.0 Å². The number of pyridine rings is 1. The molecule has 0 bridgehead atoms. The van der Waals surface area contributed by atoms with Crippen molar-refractivity contribution in [2.24, 2.45) is 0 Å². The first kappa shape index (κ1) is 13.6. The fourth-order valence-electron chi connectivity index (χ4n) is 2.23. The smallest absolute Gasteiger partial charge is 0.159 e. The molecule has 0 aliphatic carbocycles. The number of ether oxygens (including phenoxy) is 1. The van der Waals surface area contributed by atoms with Crippen molar-refractivity contribution >= 4 is 23.0 Å². The van der Waals surface area contributed by atoms with Gasteiger partial charge in [0.2, 0.25) is 0 Å². The maximum atomic E-state index is 6.10. The summed E-state index contributed by atoms with van der Waals surface area (Å²) < 4.78 is 5.57. The molecule has 3 rings (SSSR count). The lowest BCUT2D eigenvalue weighted by Crippen LogP contribution is -2.20. The summed E-state index contributed by atoms with van der Waals surface area (Å²) in [5, 5.41) is 6.35. The van der Waals surface area contributed by atoms with E-state index in [1.807, 2.05) is 12.1 Å². The van der Waals surface area contributed by atoms with Gasteiger partial charge in [-0.1, -0.05) is 0 Å². The van der Waals surface area contributed by atoms with Crippen molar-refractivity contribution in [3.05, 3.63) is 30.9 Å². The normalized spacial score (nSPS) is 17.6. The highest BCUT2D eigenvalue weighted by molar-refractivity contribution is 5.77. The predicted octanol–water partition coefficient (Wildman–Crippen LogP) is 1.79. The molecular weight excluding hydrogens is 268 g/mol. The Bertz CT molecular complexity index is 585. The third-order valence-corrected chi connectivity index (χ3v) is 3.33. The van der Waals surface area contributed by atoms with Crippen LogP contribution in [0.25, 0.3) is 0 Å². The molecule has 2 aromatic heterocycles. The lowest BCUT2D eigenvalue weighted by molar-refractivity contribution is 0.120. The van der Waals surface area contributed by atoms with Gasteiger partial charge in [0.25, 0.3) is 0 Å². The molecule has 7 heteroatoms. The van der Waals surface area contributed by atoms with Crippen LogP contribution in [0.2, 0.25) is 0 Å². The number of hydrogen-bond acceptors (Lipinski definition) is 7. The first-order valence-electron chi connectivity index (χ1n) is 6.96. The monoisotopic (exact) mass is 286 g/mol. The fraction of sp³-hybridized carbons (Fsp3) is 0.357. The van der Waals surface area contributed by atoms with Crippen molar-refractivity contribution in [1.82, 2.24) is 15.0 Å². The van der Waals surface area contributed by atoms with E-state index in [9.17, 15) is 0 Å². The largest absolute Gasteiger partial charge is 0.393 e. The van der Waals surface area contributed by atoms with Gasteiger partial charge >= 0.3 is 0 Å². The first-order valence-corrected chi connectivity index (χ1v) is 6.96. The predicted molar refractivity (Wildman–Crippen MR) is 81.4 cm³/mol. The molecule has 0 saturated carbocycles. The minimum Gasteiger partial charge on any atom is -0.393 e. The van der Waals surface area contributed by atoms with E-state index < -0.39 is 0 Å². The van der Waals surface area contributed by atoms with E-state index in [1.54, 1.807) is 12.4 Å². The van der Waals surface area contributed by atoms with Gasteiger partial charge in [-0.25, -0.2) is 9.97 Å². The molecule has 1 aliphatic rings. The van der Waals surface area contributed by atoms with E-state index in [2.05, 4.69) is 25.6 Å². The molecule has 2 aromatic rings. The van der Waals surface area contributed by atoms with Crippen molar-refractivity contribution in [2.75, 3.05) is 29.5 Å². The number of anilines is 4. The summed E-state index contributed by atoms with van der Waals surface area (Å²) in [6.45, 7) is 1.53. The Morgan fingerprint density at radius 2 is 2.24 bits per heavy atom. The quantitative estimate of drug-likeness (QED) is 0.770. The van der Waals surface area contributed by atoms with Gasteiger partial charge in [0, 0.05) is 19.3 Å². The summed E-state index contributed by atoms with van der Waals surface area (Å²) in [5.41, 5.74) is 7.42. The molecule has 1 unspecified atom stereocenters. The van der Waals surface area contributed by atoms with Crippen LogP contribution in [0.1, 0.15) is 12.8 Å². The van der Waals surface area contributed by atoms with Crippen molar-refractivity contribution in [2.45, 2.75) is 18.9 Å². The number of nitrogen functional groups attached to an aromatic ring is 1. The molecule has 4 N–H and O–H groups in total. The highest BCUT2D eigenvalue weighted by Crippen LogP contribution is 2.25. The van der Waals surface area contributed by atoms with Gasteiger partial charge in [0.1, 0.15) is 12.0 Å². The number of hydrogen-bond donors (Lipinski definition) is 3. The summed E-state index contributed by atoms with van der Waals surface area (Å²) in [7, 11) is 0. The minimum absolute atomic E-state index is 0.231. The second-order valence-corrected chi connectivity index (χ2v) is 4.87. The van der Waals surface area contributed by atoms with E-state index >= 15 is 0 Å². The van der Waals surface area contributed by atoms with Gasteiger partial charge in [-0.3, -0.25) is 4.98 Å². The Kier molecular flexibility index (Phi) is 4.11. The van der Waals surface area contributed by atoms with Gasteiger partial charge in [0.05, 0.1) is 18.0 Å². The Morgan fingerprint density at radius 3 is 3.00 bits per heavy atom. The van der Waals surface area contributed by atoms with Crippen molar-refractivity contribution in [3.63, 3.8) is 0 Å². The number of aromatic nitrogens is 3. The highest BCUT2D eigenvalue weighted by atomic mass is 16.5. The second-order valence-electron chi connectivity index (χ2n) is 4.87. The van der Waals surface area contributed by atoms with Crippen LogP contribution in [0.4, 0.5) is 23.0 Å². The summed E-state index contributed by atoms with van der Waals surface area (Å²) in [6.07, 6.45) is 7.31. The average Bonchev–Trinajstić information content (AvgIpc) is 3.03. The van der Waals surface area contributed by atoms with E-state index in [-0.39, 0.29) is 6.10 Å². The summed E-state index contributed by atoms with van der Waals surface area (Å²) >= 11 is 0. The second kappa shape index (κ2) is 6.36. The molecule has 1 aliphatic heterocycles. The Hall–Kier alpha value is -2.41. The molecule has 1 saturated heterocycles. The molecule has 0 radical (unpaired) electrons. The van der Waals surface area contributed by atoms with Gasteiger partial charge in [-0.15, -0.1) is 0 Å². The van der Waals surface area contributed by atoms with Crippen LogP contribution in [0, 0.1) is 0 Å². The van der Waals surface area contributed by atoms with Crippen LogP contribution in [0.5, 0.6) is 0 Å². The Morgan fingerprint density at radius 1 is 1.33 bits per heavy atom. The van der Waals surface area contributed by atoms with Crippen LogP contribution in [0.3, 0.4) is 0 Å². The molecule has 7 nitrogen and oxygen atoms in total. The van der Waals surface area contributed by atoms with Crippen molar-refractivity contribution in [3.8, 4) is 0 Å². The van der Waals surface area contributed by atoms with Crippen LogP contribution in [0.15, 0.2) is 30.9 Å². The Labute approximate surface area is 123 Å². The standard InChI is InChI=1S/C14H18N6O/c15-12-13(17-8-11-4-2-6-21-11)18-9-19-14(12)20-10-3-1-5-16-7-10/h1,3,5,7,9,11H,2,4,6,8,15H2,(H2,17,18,19,20). The van der Waals surface area contributed by atoms with Crippen molar-refractivity contribution in [1.29, 1.82) is 0 Å². The summed E-state index contributed by atoms with van der Waals surface area (Å²) in [6, 6.07) is 3.74. The van der Waals surface area contributed by atoms with Crippen LogP contribution < -0.4 is 16.4 Å². The number of nitrogens with zero attached hydrogens (tertiary/aromatic N) is 3. The fourth-order valence-corrected chi connectivity index (χ4v) is 2.23. The average molecular weight is 286 g/mol. The van der Waals surface area contributed by atoms with Gasteiger partial charge in [-0.05, 0) is 25.0 Å². The Balaban J connectivity index is 1.69. The van der Waals surface area contributed by atoms with E-state index in [0.717, 1.165) is 25.1 Å². The third kappa shape index (κ3) is 3.38. The maximum Gasteiger partial charge on any atom is 0.159 e. The zero-order valence-electron chi connectivity index (χ0n) is 11.6. The van der Waals surface area contributed by atoms with Crippen LogP contribution in [-0.2, 0) is 4.74 Å². The molecular formula is C14H18N6O. The number of nitrogens with one attached hydrogen (secondary N) is 2. The van der Waals surface area contributed by atoms with Gasteiger partial charge in [0.15, 0.2) is 11.6 Å². The van der Waals surface area contributed by atoms with Crippen molar-refractivity contribution < 1.29 is 4.74 Å². The van der Waals surface area contributed by atoms with Crippen LogP contribution >= 0.6 is 0 Å². The lowest BCUT2D eigenvalue weighted by atomic mass is 10.2. The summed E-state index contributed by atoms with van der Waals surface area (Å²) in [5.74, 6) is 1.18. The number of rotatable bonds is 5. The lowest BCUT2D eigenvalue weighted by Gasteiger charge is -2.14. The molecule has 0 aromatic carbocycles. The van der Waals surface area contributed by atoms with Gasteiger partial charge < -0.3 is 21.1 Å². The molecule has 0 amide bonds. The zero-order valence-corrected chi connectivity index (χ0v) is 11.6. The molecule has 3 heterocycles. The number of nitrogens with two attached hydrogens (primary N) is 1. The SMILES string of the molecule is Nc1c(NCC2CCCO2)ncnc1Nc1cccnc1. The molecule has 110 valence electrons. The summed E-state index contributed by atoms with van der Waals surface area (Å²) in [4.78, 5) is 12.4. The molecule has 1 atom stereocenters. The molecule has 21 heavy (non-hydrogen) atoms. The maximum absolute atomic E-state index is 6.10. The zero-order chi connectivity index (χ0) is 14.5. The first-order chi connectivity index (χ1) is 10.3. The van der Waals surface area contributed by atoms with E-state index in [4.69, 9.17) is 10.5 Å². The van der Waals surface area contributed by atoms with E-state index in [0.29, 0.717) is 23.9 Å². The highest BCUT2D eigenvalue weighted by Gasteiger charge is 2.16. The third-order valence-electron chi connectivity index (χ3n) is 3.33. The van der Waals surface area contributed by atoms with Gasteiger partial charge in [-0.2, -0.15) is 0 Å². The molecule has 1 fully saturated rings. The van der Waals surface area contributed by atoms with Crippen LogP contribution in [-0.4, -0.2) is 34.2 Å². The molecule has 0 spiro atoms. The minimum atomic E-state index is 0.231. The van der Waals surface area contributed by atoms with E-state index in [1.165, 1.54) is 6.33 Å².